The van der Waals surface area contributed by atoms with Crippen LogP contribution >= 0.6 is 0 Å². The molecule has 3 aliphatic rings. The maximum absolute atomic E-state index is 11.7. The van der Waals surface area contributed by atoms with E-state index in [0.29, 0.717) is 11.8 Å². The molecule has 160 valence electrons. The zero-order valence-electron chi connectivity index (χ0n) is 18.3. The van der Waals surface area contributed by atoms with E-state index in [1.807, 2.05) is 26.1 Å². The Kier molecular flexibility index (Phi) is 4.39. The lowest BCUT2D eigenvalue weighted by Crippen LogP contribution is -2.59. The Labute approximate surface area is 177 Å². The Morgan fingerprint density at radius 1 is 1.37 bits per heavy atom. The lowest BCUT2D eigenvalue weighted by atomic mass is 9.61. The standard InChI is InChI=1S/C24H31N3O3/c1-5-15-11-16-13-26-10-9-18-17-7-6-8-20(27(29)30)21(17)25(4)23(18)24(26,3)12-19(16)14(2)22(15)28/h5-8,14,16,19,22,28H,9-13H2,1-4H3/b15-5+/t14-,16?,19?,22?,24+/m1/s1. The van der Waals surface area contributed by atoms with Gasteiger partial charge in [-0.05, 0) is 62.0 Å². The first-order chi connectivity index (χ1) is 14.3. The number of fused-ring (bicyclic) bond motifs is 6. The number of allylic oxidation sites excluding steroid dienone is 1. The molecule has 5 rings (SSSR count). The second kappa shape index (κ2) is 6.66. The van der Waals surface area contributed by atoms with E-state index in [-0.39, 0.29) is 28.2 Å². The molecule has 6 nitrogen and oxygen atoms in total. The van der Waals surface area contributed by atoms with Crippen molar-refractivity contribution in [2.24, 2.45) is 24.8 Å². The van der Waals surface area contributed by atoms with Crippen molar-refractivity contribution < 1.29 is 10.0 Å². The molecule has 3 unspecified atom stereocenters. The second-order valence-electron chi connectivity index (χ2n) is 9.79. The number of hydrogen-bond acceptors (Lipinski definition) is 4. The largest absolute Gasteiger partial charge is 0.388 e. The molecule has 2 aliphatic heterocycles. The van der Waals surface area contributed by atoms with Crippen LogP contribution in [0.4, 0.5) is 5.69 Å². The summed E-state index contributed by atoms with van der Waals surface area (Å²) in [7, 11) is 1.99. The van der Waals surface area contributed by atoms with Gasteiger partial charge in [-0.3, -0.25) is 15.0 Å². The SMILES string of the molecule is C/C=C1\CC2CN3CCc4c(n(C)c5c([N+](=O)[O-])cccc45)[C@]3(C)CC2[C@@H](C)C1O. The quantitative estimate of drug-likeness (QED) is 0.436. The Morgan fingerprint density at radius 3 is 2.83 bits per heavy atom. The molecular weight excluding hydrogens is 378 g/mol. The minimum atomic E-state index is -0.358. The summed E-state index contributed by atoms with van der Waals surface area (Å²) in [5.74, 6) is 1.24. The fourth-order valence-corrected chi connectivity index (χ4v) is 6.98. The summed E-state index contributed by atoms with van der Waals surface area (Å²) in [4.78, 5) is 14.1. The number of rotatable bonds is 1. The van der Waals surface area contributed by atoms with Crippen LogP contribution < -0.4 is 0 Å². The average Bonchev–Trinajstić information content (AvgIpc) is 3.03. The highest BCUT2D eigenvalue weighted by Gasteiger charge is 2.52. The predicted octanol–water partition coefficient (Wildman–Crippen LogP) is 4.14. The molecule has 0 spiro atoms. The molecule has 0 amide bonds. The fourth-order valence-electron chi connectivity index (χ4n) is 6.98. The van der Waals surface area contributed by atoms with Gasteiger partial charge < -0.3 is 9.67 Å². The molecule has 1 saturated heterocycles. The third-order valence-corrected chi connectivity index (χ3v) is 8.45. The number of nitro benzene ring substituents is 1. The minimum Gasteiger partial charge on any atom is -0.388 e. The molecule has 3 heterocycles. The van der Waals surface area contributed by atoms with E-state index in [0.717, 1.165) is 43.3 Å². The number of aromatic nitrogens is 1. The van der Waals surface area contributed by atoms with Crippen LogP contribution in [0.1, 0.15) is 44.9 Å². The van der Waals surface area contributed by atoms with Crippen molar-refractivity contribution in [1.82, 2.24) is 9.47 Å². The second-order valence-corrected chi connectivity index (χ2v) is 9.79. The van der Waals surface area contributed by atoms with Crippen molar-refractivity contribution in [3.63, 3.8) is 0 Å². The maximum Gasteiger partial charge on any atom is 0.293 e. The summed E-state index contributed by atoms with van der Waals surface area (Å²) in [6, 6.07) is 5.46. The van der Waals surface area contributed by atoms with Crippen LogP contribution in [0.5, 0.6) is 0 Å². The number of aliphatic hydroxyl groups excluding tert-OH is 1. The molecule has 0 radical (unpaired) electrons. The van der Waals surface area contributed by atoms with Crippen molar-refractivity contribution in [2.75, 3.05) is 13.1 Å². The van der Waals surface area contributed by atoms with Crippen LogP contribution in [0.15, 0.2) is 29.8 Å². The highest BCUT2D eigenvalue weighted by Crippen LogP contribution is 2.53. The first kappa shape index (κ1) is 19.8. The van der Waals surface area contributed by atoms with Crippen molar-refractivity contribution in [2.45, 2.75) is 51.7 Å². The molecule has 30 heavy (non-hydrogen) atoms. The third kappa shape index (κ3) is 2.50. The summed E-state index contributed by atoms with van der Waals surface area (Å²) in [5.41, 5.74) is 4.45. The zero-order chi connectivity index (χ0) is 21.4. The maximum atomic E-state index is 11.7. The normalized spacial score (nSPS) is 35.2. The molecule has 5 atom stereocenters. The van der Waals surface area contributed by atoms with Crippen molar-refractivity contribution in [3.05, 3.63) is 51.2 Å². The van der Waals surface area contributed by atoms with E-state index in [1.54, 1.807) is 6.07 Å². The van der Waals surface area contributed by atoms with Gasteiger partial charge in [0.1, 0.15) is 5.52 Å². The number of nitrogens with zero attached hydrogens (tertiary/aromatic N) is 3. The van der Waals surface area contributed by atoms with Crippen LogP contribution in [0.2, 0.25) is 0 Å². The average molecular weight is 410 g/mol. The van der Waals surface area contributed by atoms with Crippen molar-refractivity contribution >= 4 is 16.6 Å². The fraction of sp³-hybridized carbons (Fsp3) is 0.583. The number of para-hydroxylation sites is 1. The van der Waals surface area contributed by atoms with Gasteiger partial charge in [-0.2, -0.15) is 0 Å². The Bertz CT molecular complexity index is 1070. The first-order valence-corrected chi connectivity index (χ1v) is 11.1. The summed E-state index contributed by atoms with van der Waals surface area (Å²) >= 11 is 0. The highest BCUT2D eigenvalue weighted by atomic mass is 16.6. The lowest BCUT2D eigenvalue weighted by molar-refractivity contribution is -0.383. The van der Waals surface area contributed by atoms with Gasteiger partial charge in [0.05, 0.1) is 16.6 Å². The van der Waals surface area contributed by atoms with Crippen LogP contribution in [0.3, 0.4) is 0 Å². The molecule has 1 aromatic carbocycles. The van der Waals surface area contributed by atoms with Gasteiger partial charge >= 0.3 is 0 Å². The van der Waals surface area contributed by atoms with Gasteiger partial charge in [-0.1, -0.05) is 25.1 Å². The van der Waals surface area contributed by atoms with Gasteiger partial charge in [0.15, 0.2) is 0 Å². The van der Waals surface area contributed by atoms with Crippen LogP contribution in [0, 0.1) is 27.9 Å². The molecule has 1 aromatic heterocycles. The predicted molar refractivity (Wildman–Crippen MR) is 117 cm³/mol. The molecule has 2 fully saturated rings. The monoisotopic (exact) mass is 409 g/mol. The number of nitro groups is 1. The summed E-state index contributed by atoms with van der Waals surface area (Å²) < 4.78 is 2.09. The van der Waals surface area contributed by atoms with E-state index in [2.05, 4.69) is 29.4 Å². The smallest absolute Gasteiger partial charge is 0.293 e. The number of hydrogen-bond donors (Lipinski definition) is 1. The molecule has 1 aliphatic carbocycles. The molecule has 0 bridgehead atoms. The zero-order valence-corrected chi connectivity index (χ0v) is 18.3. The number of piperidine rings is 1. The number of non-ortho nitro benzene ring substituents is 1. The Balaban J connectivity index is 1.65. The van der Waals surface area contributed by atoms with Gasteiger partial charge in [-0.25, -0.2) is 0 Å². The molecule has 2 aromatic rings. The Hall–Kier alpha value is -2.18. The number of benzene rings is 1. The van der Waals surface area contributed by atoms with Gasteiger partial charge in [0, 0.05) is 37.3 Å². The van der Waals surface area contributed by atoms with Crippen LogP contribution in [-0.4, -0.2) is 38.7 Å². The third-order valence-electron chi connectivity index (χ3n) is 8.45. The van der Waals surface area contributed by atoms with E-state index < -0.39 is 0 Å². The number of aliphatic hydroxyl groups is 1. The molecular formula is C24H31N3O3. The van der Waals surface area contributed by atoms with Gasteiger partial charge in [-0.15, -0.1) is 0 Å². The van der Waals surface area contributed by atoms with Crippen LogP contribution in [-0.2, 0) is 19.0 Å². The topological polar surface area (TPSA) is 71.5 Å². The summed E-state index contributed by atoms with van der Waals surface area (Å²) in [5, 5.41) is 23.6. The van der Waals surface area contributed by atoms with Crippen molar-refractivity contribution in [3.8, 4) is 0 Å². The molecule has 6 heteroatoms. The van der Waals surface area contributed by atoms with E-state index in [9.17, 15) is 15.2 Å². The molecule has 1 N–H and O–H groups in total. The van der Waals surface area contributed by atoms with Crippen molar-refractivity contribution in [1.29, 1.82) is 0 Å². The van der Waals surface area contributed by atoms with E-state index in [4.69, 9.17) is 0 Å². The van der Waals surface area contributed by atoms with E-state index >= 15 is 0 Å². The minimum absolute atomic E-state index is 0.169. The lowest BCUT2D eigenvalue weighted by Gasteiger charge is -2.57. The highest BCUT2D eigenvalue weighted by molar-refractivity contribution is 5.93. The number of aryl methyl sites for hydroxylation is 1. The van der Waals surface area contributed by atoms with Crippen LogP contribution in [0.25, 0.3) is 10.9 Å². The summed E-state index contributed by atoms with van der Waals surface area (Å²) in [6.45, 7) is 8.56. The first-order valence-electron chi connectivity index (χ1n) is 11.1. The van der Waals surface area contributed by atoms with E-state index in [1.165, 1.54) is 16.8 Å². The van der Waals surface area contributed by atoms with Gasteiger partial charge in [0.2, 0.25) is 0 Å². The van der Waals surface area contributed by atoms with Gasteiger partial charge in [0.25, 0.3) is 5.69 Å². The molecule has 1 saturated carbocycles. The summed E-state index contributed by atoms with van der Waals surface area (Å²) in [6.07, 6.45) is 4.63. The Morgan fingerprint density at radius 2 is 2.13 bits per heavy atom.